The molecule has 0 saturated carbocycles. The lowest BCUT2D eigenvalue weighted by Crippen LogP contribution is -1.94. The van der Waals surface area contributed by atoms with E-state index in [1.54, 1.807) is 31.5 Å². The highest BCUT2D eigenvalue weighted by molar-refractivity contribution is 5.64. The zero-order valence-corrected chi connectivity index (χ0v) is 9.77. The van der Waals surface area contributed by atoms with E-state index in [1.807, 2.05) is 6.92 Å². The summed E-state index contributed by atoms with van der Waals surface area (Å²) in [6.07, 6.45) is 3.22. The number of hydrogen-bond donors (Lipinski definition) is 0. The molecule has 0 fully saturated rings. The maximum Gasteiger partial charge on any atom is 0.131 e. The molecule has 2 aromatic rings. The van der Waals surface area contributed by atoms with Crippen LogP contribution in [0.1, 0.15) is 12.7 Å². The highest BCUT2D eigenvalue weighted by Gasteiger charge is 2.07. The molecule has 0 radical (unpaired) electrons. The van der Waals surface area contributed by atoms with Crippen molar-refractivity contribution in [1.82, 2.24) is 9.97 Å². The van der Waals surface area contributed by atoms with E-state index >= 15 is 0 Å². The standard InChI is InChI=1S/C13H13FN2O/c1-3-17-11-4-5-13(14)12(6-11)10-7-15-9(2)16-8-10/h4-8H,3H2,1-2H3. The first-order valence-corrected chi connectivity index (χ1v) is 5.42. The van der Waals surface area contributed by atoms with Gasteiger partial charge in [-0.05, 0) is 32.0 Å². The average molecular weight is 232 g/mol. The Hall–Kier alpha value is -1.97. The lowest BCUT2D eigenvalue weighted by molar-refractivity contribution is 0.340. The Kier molecular flexibility index (Phi) is 3.32. The number of aryl methyl sites for hydroxylation is 1. The van der Waals surface area contributed by atoms with Gasteiger partial charge in [0, 0.05) is 23.5 Å². The predicted octanol–water partition coefficient (Wildman–Crippen LogP) is 2.99. The number of nitrogens with zero attached hydrogens (tertiary/aromatic N) is 2. The molecular weight excluding hydrogens is 219 g/mol. The van der Waals surface area contributed by atoms with Crippen LogP contribution in [0.4, 0.5) is 4.39 Å². The molecule has 3 nitrogen and oxygen atoms in total. The first kappa shape index (κ1) is 11.5. The summed E-state index contributed by atoms with van der Waals surface area (Å²) >= 11 is 0. The smallest absolute Gasteiger partial charge is 0.131 e. The summed E-state index contributed by atoms with van der Waals surface area (Å²) in [5.74, 6) is 1.00. The largest absolute Gasteiger partial charge is 0.494 e. The van der Waals surface area contributed by atoms with E-state index in [9.17, 15) is 4.39 Å². The lowest BCUT2D eigenvalue weighted by atomic mass is 10.1. The van der Waals surface area contributed by atoms with Crippen LogP contribution in [-0.4, -0.2) is 16.6 Å². The predicted molar refractivity (Wildman–Crippen MR) is 63.3 cm³/mol. The van der Waals surface area contributed by atoms with Gasteiger partial charge in [-0.2, -0.15) is 0 Å². The van der Waals surface area contributed by atoms with Gasteiger partial charge in [-0.25, -0.2) is 14.4 Å². The summed E-state index contributed by atoms with van der Waals surface area (Å²) in [5.41, 5.74) is 1.10. The molecule has 0 bridgehead atoms. The summed E-state index contributed by atoms with van der Waals surface area (Å²) in [4.78, 5) is 8.11. The van der Waals surface area contributed by atoms with E-state index in [1.165, 1.54) is 6.07 Å². The van der Waals surface area contributed by atoms with Crippen LogP contribution < -0.4 is 4.74 Å². The highest BCUT2D eigenvalue weighted by Crippen LogP contribution is 2.26. The third kappa shape index (κ3) is 2.58. The molecule has 1 aromatic carbocycles. The van der Waals surface area contributed by atoms with Crippen molar-refractivity contribution in [3.63, 3.8) is 0 Å². The van der Waals surface area contributed by atoms with Crippen LogP contribution in [0.5, 0.6) is 5.75 Å². The van der Waals surface area contributed by atoms with E-state index in [-0.39, 0.29) is 5.82 Å². The van der Waals surface area contributed by atoms with Crippen LogP contribution in [0, 0.1) is 12.7 Å². The van der Waals surface area contributed by atoms with Crippen molar-refractivity contribution >= 4 is 0 Å². The minimum Gasteiger partial charge on any atom is -0.494 e. The molecule has 88 valence electrons. The van der Waals surface area contributed by atoms with Gasteiger partial charge in [-0.3, -0.25) is 0 Å². The molecule has 17 heavy (non-hydrogen) atoms. The van der Waals surface area contributed by atoms with Crippen molar-refractivity contribution in [3.05, 3.63) is 42.2 Å². The first-order valence-electron chi connectivity index (χ1n) is 5.42. The third-order valence-electron chi connectivity index (χ3n) is 2.34. The van der Waals surface area contributed by atoms with Crippen molar-refractivity contribution in [2.24, 2.45) is 0 Å². The van der Waals surface area contributed by atoms with Gasteiger partial charge in [-0.1, -0.05) is 0 Å². The van der Waals surface area contributed by atoms with Gasteiger partial charge >= 0.3 is 0 Å². The van der Waals surface area contributed by atoms with Gasteiger partial charge in [0.1, 0.15) is 17.4 Å². The fraction of sp³-hybridized carbons (Fsp3) is 0.231. The minimum atomic E-state index is -0.305. The monoisotopic (exact) mass is 232 g/mol. The Bertz CT molecular complexity index is 511. The second-order valence-electron chi connectivity index (χ2n) is 3.59. The molecule has 0 aliphatic heterocycles. The van der Waals surface area contributed by atoms with Crippen LogP contribution in [0.2, 0.25) is 0 Å². The van der Waals surface area contributed by atoms with Gasteiger partial charge in [0.2, 0.25) is 0 Å². The summed E-state index contributed by atoms with van der Waals surface area (Å²) in [5, 5.41) is 0. The third-order valence-corrected chi connectivity index (χ3v) is 2.34. The van der Waals surface area contributed by atoms with Crippen molar-refractivity contribution in [2.75, 3.05) is 6.61 Å². The molecule has 2 rings (SSSR count). The number of halogens is 1. The maximum atomic E-state index is 13.7. The molecule has 0 aliphatic carbocycles. The Labute approximate surface area is 99.3 Å². The number of rotatable bonds is 3. The van der Waals surface area contributed by atoms with Gasteiger partial charge in [0.25, 0.3) is 0 Å². The van der Waals surface area contributed by atoms with Crippen LogP contribution in [-0.2, 0) is 0 Å². The van der Waals surface area contributed by atoms with Crippen LogP contribution in [0.3, 0.4) is 0 Å². The maximum absolute atomic E-state index is 13.7. The Balaban J connectivity index is 2.42. The summed E-state index contributed by atoms with van der Waals surface area (Å²) < 4.78 is 19.0. The molecule has 0 saturated heterocycles. The molecule has 0 amide bonds. The molecular formula is C13H13FN2O. The quantitative estimate of drug-likeness (QED) is 0.816. The van der Waals surface area contributed by atoms with Crippen molar-refractivity contribution < 1.29 is 9.13 Å². The molecule has 1 heterocycles. The second kappa shape index (κ2) is 4.91. The minimum absolute atomic E-state index is 0.305. The molecule has 1 aromatic heterocycles. The van der Waals surface area contributed by atoms with Crippen molar-refractivity contribution in [2.45, 2.75) is 13.8 Å². The van der Waals surface area contributed by atoms with E-state index < -0.39 is 0 Å². The molecule has 0 N–H and O–H groups in total. The number of benzene rings is 1. The Morgan fingerprint density at radius 1 is 1.24 bits per heavy atom. The fourth-order valence-electron chi connectivity index (χ4n) is 1.51. The van der Waals surface area contributed by atoms with Gasteiger partial charge in [-0.15, -0.1) is 0 Å². The van der Waals surface area contributed by atoms with E-state index in [4.69, 9.17) is 4.74 Å². The fourth-order valence-corrected chi connectivity index (χ4v) is 1.51. The normalized spacial score (nSPS) is 10.3. The lowest BCUT2D eigenvalue weighted by Gasteiger charge is -2.07. The number of ether oxygens (including phenoxy) is 1. The van der Waals surface area contributed by atoms with Crippen LogP contribution >= 0.6 is 0 Å². The summed E-state index contributed by atoms with van der Waals surface area (Å²) in [6.45, 7) is 4.23. The zero-order chi connectivity index (χ0) is 12.3. The van der Waals surface area contributed by atoms with Crippen molar-refractivity contribution in [3.8, 4) is 16.9 Å². The SMILES string of the molecule is CCOc1ccc(F)c(-c2cnc(C)nc2)c1. The van der Waals surface area contributed by atoms with E-state index in [0.717, 1.165) is 0 Å². The Morgan fingerprint density at radius 3 is 2.59 bits per heavy atom. The van der Waals surface area contributed by atoms with E-state index in [0.29, 0.717) is 29.3 Å². The topological polar surface area (TPSA) is 35.0 Å². The molecule has 4 heteroatoms. The van der Waals surface area contributed by atoms with E-state index in [2.05, 4.69) is 9.97 Å². The number of hydrogen-bond acceptors (Lipinski definition) is 3. The molecule has 0 spiro atoms. The van der Waals surface area contributed by atoms with Gasteiger partial charge in [0.15, 0.2) is 0 Å². The first-order chi connectivity index (χ1) is 8.20. The van der Waals surface area contributed by atoms with Crippen LogP contribution in [0.15, 0.2) is 30.6 Å². The van der Waals surface area contributed by atoms with Gasteiger partial charge in [0.05, 0.1) is 6.61 Å². The highest BCUT2D eigenvalue weighted by atomic mass is 19.1. The second-order valence-corrected chi connectivity index (χ2v) is 3.59. The number of aromatic nitrogens is 2. The molecule has 0 aliphatic rings. The molecule has 0 unspecified atom stereocenters. The Morgan fingerprint density at radius 2 is 1.94 bits per heavy atom. The van der Waals surface area contributed by atoms with Crippen molar-refractivity contribution in [1.29, 1.82) is 0 Å². The zero-order valence-electron chi connectivity index (χ0n) is 9.77. The summed E-state index contributed by atoms with van der Waals surface area (Å²) in [7, 11) is 0. The summed E-state index contributed by atoms with van der Waals surface area (Å²) in [6, 6.07) is 4.66. The average Bonchev–Trinajstić information content (AvgIpc) is 2.33. The molecule has 0 atom stereocenters. The van der Waals surface area contributed by atoms with Crippen LogP contribution in [0.25, 0.3) is 11.1 Å². The van der Waals surface area contributed by atoms with Gasteiger partial charge < -0.3 is 4.74 Å².